The molecule has 1 aliphatic rings. The zero-order chi connectivity index (χ0) is 23.6. The first-order valence-corrected chi connectivity index (χ1v) is 10.5. The van der Waals surface area contributed by atoms with E-state index in [-0.39, 0.29) is 13.0 Å². The lowest BCUT2D eigenvalue weighted by molar-refractivity contribution is -0.157. The molecule has 0 bridgehead atoms. The molecule has 2 amide bonds. The minimum absolute atomic E-state index is 0.226. The molecule has 0 unspecified atom stereocenters. The summed E-state index contributed by atoms with van der Waals surface area (Å²) in [6.07, 6.45) is -9.84. The topological polar surface area (TPSA) is 179 Å². The number of nitrogens with two attached hydrogens (primary N) is 1. The second-order valence-electron chi connectivity index (χ2n) is 7.22. The zero-order valence-corrected chi connectivity index (χ0v) is 16.8. The van der Waals surface area contributed by atoms with Crippen LogP contribution in [0.25, 0.3) is 0 Å². The molecule has 0 aliphatic heterocycles. The number of rotatable bonds is 7. The molecule has 7 N–H and O–H groups in total. The molecule has 1 aliphatic carbocycles. The van der Waals surface area contributed by atoms with Gasteiger partial charge in [-0.15, -0.1) is 0 Å². The molecule has 1 fully saturated rings. The van der Waals surface area contributed by atoms with E-state index >= 15 is 0 Å². The minimum atomic E-state index is -4.80. The summed E-state index contributed by atoms with van der Waals surface area (Å²) in [6.45, 7) is -0.226. The Bertz CT molecular complexity index is 941. The Labute approximate surface area is 175 Å². The van der Waals surface area contributed by atoms with Crippen LogP contribution >= 0.6 is 0 Å². The van der Waals surface area contributed by atoms with E-state index in [1.807, 2.05) is 4.72 Å². The largest absolute Gasteiger partial charge is 0.416 e. The fourth-order valence-electron chi connectivity index (χ4n) is 3.17. The van der Waals surface area contributed by atoms with Gasteiger partial charge in [0, 0.05) is 25.8 Å². The van der Waals surface area contributed by atoms with Gasteiger partial charge in [-0.2, -0.15) is 13.2 Å². The molecular weight excluding hydrogens is 447 g/mol. The van der Waals surface area contributed by atoms with Crippen LogP contribution in [0.1, 0.15) is 24.8 Å². The predicted molar refractivity (Wildman–Crippen MR) is 98.6 cm³/mol. The Morgan fingerprint density at radius 2 is 1.87 bits per heavy atom. The van der Waals surface area contributed by atoms with Gasteiger partial charge in [0.25, 0.3) is 5.91 Å². The summed E-state index contributed by atoms with van der Waals surface area (Å²) in [5.74, 6) is -1.76. The Morgan fingerprint density at radius 1 is 1.23 bits per heavy atom. The maximum atomic E-state index is 12.9. The first kappa shape index (κ1) is 25.0. The molecular formula is C17H22F3N3O7S. The molecule has 0 spiro atoms. The van der Waals surface area contributed by atoms with E-state index in [2.05, 4.69) is 5.32 Å². The van der Waals surface area contributed by atoms with Crippen molar-refractivity contribution in [2.45, 2.75) is 54.2 Å². The van der Waals surface area contributed by atoms with Gasteiger partial charge >= 0.3 is 6.18 Å². The van der Waals surface area contributed by atoms with Crippen LogP contribution < -0.4 is 15.8 Å². The Balaban J connectivity index is 2.22. The highest BCUT2D eigenvalue weighted by Crippen LogP contribution is 2.32. The number of aliphatic hydroxyl groups is 3. The van der Waals surface area contributed by atoms with Crippen molar-refractivity contribution in [3.05, 3.63) is 29.8 Å². The smallest absolute Gasteiger partial charge is 0.390 e. The maximum Gasteiger partial charge on any atom is 0.416 e. The number of sulfonamides is 1. The van der Waals surface area contributed by atoms with Crippen molar-refractivity contribution in [3.8, 4) is 0 Å². The number of carbonyl (C=O) groups excluding carboxylic acids is 2. The number of alkyl halides is 3. The molecule has 0 heterocycles. The van der Waals surface area contributed by atoms with Crippen LogP contribution in [0.5, 0.6) is 0 Å². The normalized spacial score (nSPS) is 27.0. The van der Waals surface area contributed by atoms with Crippen LogP contribution in [0, 0.1) is 0 Å². The number of halogens is 3. The van der Waals surface area contributed by atoms with Crippen LogP contribution in [-0.4, -0.2) is 65.9 Å². The van der Waals surface area contributed by atoms with Crippen molar-refractivity contribution in [3.63, 3.8) is 0 Å². The number of primary amides is 1. The molecule has 10 nitrogen and oxygen atoms in total. The Hall–Kier alpha value is -2.26. The second-order valence-corrected chi connectivity index (χ2v) is 8.94. The summed E-state index contributed by atoms with van der Waals surface area (Å²) < 4.78 is 65.7. The molecule has 31 heavy (non-hydrogen) atoms. The number of benzene rings is 1. The lowest BCUT2D eigenvalue weighted by atomic mass is 9.78. The molecule has 0 saturated heterocycles. The third-order valence-electron chi connectivity index (χ3n) is 4.77. The van der Waals surface area contributed by atoms with Gasteiger partial charge in [0.15, 0.2) is 0 Å². The van der Waals surface area contributed by atoms with E-state index in [0.29, 0.717) is 12.1 Å². The van der Waals surface area contributed by atoms with Crippen LogP contribution in [0.3, 0.4) is 0 Å². The van der Waals surface area contributed by atoms with Crippen LogP contribution in [-0.2, 0) is 25.8 Å². The zero-order valence-electron chi connectivity index (χ0n) is 16.0. The average molecular weight is 469 g/mol. The number of hydrogen-bond donors (Lipinski definition) is 6. The number of nitrogens with one attached hydrogen (secondary N) is 2. The van der Waals surface area contributed by atoms with Crippen molar-refractivity contribution in [2.75, 3.05) is 6.54 Å². The molecule has 1 aromatic carbocycles. The summed E-state index contributed by atoms with van der Waals surface area (Å²) in [4.78, 5) is 22.3. The van der Waals surface area contributed by atoms with Crippen molar-refractivity contribution >= 4 is 21.8 Å². The van der Waals surface area contributed by atoms with Crippen LogP contribution in [0.2, 0.25) is 0 Å². The van der Waals surface area contributed by atoms with Crippen molar-refractivity contribution in [1.82, 2.24) is 10.0 Å². The summed E-state index contributed by atoms with van der Waals surface area (Å²) >= 11 is 0. The lowest BCUT2D eigenvalue weighted by Gasteiger charge is -2.41. The Morgan fingerprint density at radius 3 is 2.45 bits per heavy atom. The van der Waals surface area contributed by atoms with Crippen molar-refractivity contribution in [2.24, 2.45) is 5.73 Å². The quantitative estimate of drug-likeness (QED) is 0.284. The minimum Gasteiger partial charge on any atom is -0.390 e. The first-order chi connectivity index (χ1) is 14.2. The SMILES string of the molecule is NC(=O)CCNC(=O)[C@@]1(O)C[C@@H](O)[C@H](O)[C@@H](NS(=O)(=O)c2cccc(C(F)(F)F)c2)C1. The number of hydrogen-bond acceptors (Lipinski definition) is 7. The van der Waals surface area contributed by atoms with Gasteiger partial charge in [0.2, 0.25) is 15.9 Å². The molecule has 174 valence electrons. The summed E-state index contributed by atoms with van der Waals surface area (Å²) in [5, 5.41) is 33.0. The summed E-state index contributed by atoms with van der Waals surface area (Å²) in [5.41, 5.74) is 1.40. The maximum absolute atomic E-state index is 12.9. The highest BCUT2D eigenvalue weighted by Gasteiger charge is 2.49. The standard InChI is InChI=1S/C17H22F3N3O7S/c18-17(19,20)9-2-1-3-10(6-9)31(29,30)23-11-7-16(28,8-12(24)14(11)26)15(27)22-5-4-13(21)25/h1-3,6,11-12,14,23-24,26,28H,4-5,7-8H2,(H2,21,25)(H,22,27)/t11-,12+,14+,16-/m0/s1. The second kappa shape index (κ2) is 9.08. The van der Waals surface area contributed by atoms with Gasteiger partial charge < -0.3 is 26.4 Å². The van der Waals surface area contributed by atoms with Gasteiger partial charge in [0.05, 0.1) is 28.7 Å². The van der Waals surface area contributed by atoms with Crippen molar-refractivity contribution in [1.29, 1.82) is 0 Å². The van der Waals surface area contributed by atoms with Crippen LogP contribution in [0.4, 0.5) is 13.2 Å². The van der Waals surface area contributed by atoms with E-state index < -0.39 is 75.2 Å². The number of aliphatic hydroxyl groups excluding tert-OH is 2. The Kier molecular flexibility index (Phi) is 7.32. The highest BCUT2D eigenvalue weighted by molar-refractivity contribution is 7.89. The predicted octanol–water partition coefficient (Wildman–Crippen LogP) is -1.41. The molecule has 1 aromatic rings. The molecule has 0 radical (unpaired) electrons. The van der Waals surface area contributed by atoms with Gasteiger partial charge in [-0.05, 0) is 18.2 Å². The third kappa shape index (κ3) is 6.13. The van der Waals surface area contributed by atoms with E-state index in [1.165, 1.54) is 0 Å². The first-order valence-electron chi connectivity index (χ1n) is 9.00. The van der Waals surface area contributed by atoms with E-state index in [9.17, 15) is 46.5 Å². The van der Waals surface area contributed by atoms with Gasteiger partial charge in [-0.25, -0.2) is 13.1 Å². The fourth-order valence-corrected chi connectivity index (χ4v) is 4.47. The highest BCUT2D eigenvalue weighted by atomic mass is 32.2. The molecule has 0 aromatic heterocycles. The average Bonchev–Trinajstić information content (AvgIpc) is 2.64. The van der Waals surface area contributed by atoms with Crippen LogP contribution in [0.15, 0.2) is 29.2 Å². The van der Waals surface area contributed by atoms with Gasteiger partial charge in [-0.1, -0.05) is 6.07 Å². The van der Waals surface area contributed by atoms with E-state index in [1.54, 1.807) is 0 Å². The molecule has 14 heteroatoms. The number of carbonyl (C=O) groups is 2. The number of amides is 2. The third-order valence-corrected chi connectivity index (χ3v) is 6.26. The van der Waals surface area contributed by atoms with Crippen molar-refractivity contribution < 1.29 is 46.5 Å². The molecule has 1 saturated carbocycles. The summed E-state index contributed by atoms with van der Waals surface area (Å²) in [7, 11) is -4.63. The monoisotopic (exact) mass is 469 g/mol. The van der Waals surface area contributed by atoms with E-state index in [0.717, 1.165) is 12.1 Å². The van der Waals surface area contributed by atoms with Gasteiger partial charge in [-0.3, -0.25) is 9.59 Å². The molecule has 4 atom stereocenters. The summed E-state index contributed by atoms with van der Waals surface area (Å²) in [6, 6.07) is 1.23. The van der Waals surface area contributed by atoms with E-state index in [4.69, 9.17) is 5.73 Å². The molecule has 2 rings (SSSR count). The van der Waals surface area contributed by atoms with Gasteiger partial charge in [0.1, 0.15) is 5.60 Å². The fraction of sp³-hybridized carbons (Fsp3) is 0.529. The lowest BCUT2D eigenvalue weighted by Crippen LogP contribution is -2.62.